The first-order valence-corrected chi connectivity index (χ1v) is 7.94. The third-order valence-electron chi connectivity index (χ3n) is 3.22. The Kier molecular flexibility index (Phi) is 4.29. The summed E-state index contributed by atoms with van der Waals surface area (Å²) in [4.78, 5) is 20.3. The molecule has 1 amide bonds. The third kappa shape index (κ3) is 3.23. The highest BCUT2D eigenvalue weighted by atomic mass is 32.1. The number of thiophene rings is 1. The normalized spacial score (nSPS) is 10.6. The van der Waals surface area contributed by atoms with Crippen molar-refractivity contribution in [3.8, 4) is 0 Å². The predicted molar refractivity (Wildman–Crippen MR) is 89.2 cm³/mol. The van der Waals surface area contributed by atoms with E-state index in [2.05, 4.69) is 44.2 Å². The minimum Gasteiger partial charge on any atom is -0.355 e. The Hall–Kier alpha value is -2.47. The van der Waals surface area contributed by atoms with E-state index in [0.717, 1.165) is 12.1 Å². The number of fused-ring (bicyclic) bond motifs is 1. The van der Waals surface area contributed by atoms with Crippen LogP contribution in [-0.2, 0) is 6.54 Å². The van der Waals surface area contributed by atoms with Gasteiger partial charge in [0.05, 0.1) is 5.56 Å². The molecule has 0 bridgehead atoms. The van der Waals surface area contributed by atoms with E-state index < -0.39 is 0 Å². The second kappa shape index (κ2) is 6.53. The van der Waals surface area contributed by atoms with Crippen molar-refractivity contribution in [1.29, 1.82) is 0 Å². The van der Waals surface area contributed by atoms with E-state index in [9.17, 15) is 4.79 Å². The predicted octanol–water partition coefficient (Wildman–Crippen LogP) is 3.05. The number of nitrogens with zero attached hydrogens (tertiary/aromatic N) is 2. The van der Waals surface area contributed by atoms with Gasteiger partial charge in [0.1, 0.15) is 0 Å². The van der Waals surface area contributed by atoms with Crippen LogP contribution in [0.1, 0.15) is 22.8 Å². The van der Waals surface area contributed by atoms with Crippen LogP contribution in [0, 0.1) is 0 Å². The molecule has 0 fully saturated rings. The van der Waals surface area contributed by atoms with Crippen LogP contribution in [0.25, 0.3) is 10.1 Å². The highest BCUT2D eigenvalue weighted by Gasteiger charge is 2.07. The number of rotatable bonds is 5. The molecule has 0 aliphatic rings. The molecule has 3 rings (SSSR count). The first kappa shape index (κ1) is 14.5. The highest BCUT2D eigenvalue weighted by Crippen LogP contribution is 2.21. The molecule has 3 aromatic rings. The second-order valence-corrected chi connectivity index (χ2v) is 5.75. The molecule has 0 unspecified atom stereocenters. The van der Waals surface area contributed by atoms with Gasteiger partial charge in [0.2, 0.25) is 5.95 Å². The maximum atomic E-state index is 12.1. The van der Waals surface area contributed by atoms with Gasteiger partial charge in [0.25, 0.3) is 5.91 Å². The zero-order chi connectivity index (χ0) is 15.4. The van der Waals surface area contributed by atoms with Crippen LogP contribution in [0.3, 0.4) is 0 Å². The zero-order valence-corrected chi connectivity index (χ0v) is 13.0. The maximum absolute atomic E-state index is 12.1. The summed E-state index contributed by atoms with van der Waals surface area (Å²) >= 11 is 1.71. The van der Waals surface area contributed by atoms with Crippen molar-refractivity contribution in [1.82, 2.24) is 15.3 Å². The van der Waals surface area contributed by atoms with Crippen molar-refractivity contribution in [2.24, 2.45) is 0 Å². The van der Waals surface area contributed by atoms with Crippen LogP contribution in [0.4, 0.5) is 5.95 Å². The van der Waals surface area contributed by atoms with Gasteiger partial charge >= 0.3 is 0 Å². The summed E-state index contributed by atoms with van der Waals surface area (Å²) < 4.78 is 1.25. The van der Waals surface area contributed by atoms with Crippen molar-refractivity contribution in [3.63, 3.8) is 0 Å². The summed E-state index contributed by atoms with van der Waals surface area (Å²) in [7, 11) is 0. The van der Waals surface area contributed by atoms with Gasteiger partial charge in [-0.15, -0.1) is 11.3 Å². The lowest BCUT2D eigenvalue weighted by molar-refractivity contribution is 0.0950. The van der Waals surface area contributed by atoms with Crippen molar-refractivity contribution >= 4 is 33.3 Å². The van der Waals surface area contributed by atoms with Gasteiger partial charge in [-0.3, -0.25) is 4.79 Å². The van der Waals surface area contributed by atoms with Crippen LogP contribution in [0.5, 0.6) is 0 Å². The molecule has 5 nitrogen and oxygen atoms in total. The van der Waals surface area contributed by atoms with Crippen LogP contribution in [0.15, 0.2) is 42.0 Å². The molecule has 2 heterocycles. The Morgan fingerprint density at radius 1 is 1.23 bits per heavy atom. The van der Waals surface area contributed by atoms with Crippen molar-refractivity contribution in [2.75, 3.05) is 11.9 Å². The van der Waals surface area contributed by atoms with Gasteiger partial charge in [-0.2, -0.15) is 0 Å². The van der Waals surface area contributed by atoms with Gasteiger partial charge < -0.3 is 10.6 Å². The largest absolute Gasteiger partial charge is 0.355 e. The molecule has 0 saturated carbocycles. The number of carbonyl (C=O) groups excluding carboxylic acids is 1. The smallest absolute Gasteiger partial charge is 0.254 e. The van der Waals surface area contributed by atoms with Crippen LogP contribution in [-0.4, -0.2) is 22.4 Å². The standard InChI is InChI=1S/C16H16N4OS/c1-2-17-16-19-9-13(10-20-16)15(21)18-8-11-3-4-14-12(7-11)5-6-22-14/h3-7,9-10H,2,8H2,1H3,(H,18,21)(H,17,19,20). The van der Waals surface area contributed by atoms with E-state index >= 15 is 0 Å². The van der Waals surface area contributed by atoms with Gasteiger partial charge in [-0.05, 0) is 41.5 Å². The summed E-state index contributed by atoms with van der Waals surface area (Å²) in [5.74, 6) is 0.357. The number of hydrogen-bond acceptors (Lipinski definition) is 5. The Bertz CT molecular complexity index is 782. The summed E-state index contributed by atoms with van der Waals surface area (Å²) in [5.41, 5.74) is 1.53. The lowest BCUT2D eigenvalue weighted by Gasteiger charge is -2.06. The summed E-state index contributed by atoms with van der Waals surface area (Å²) in [6.07, 6.45) is 3.06. The molecule has 0 saturated heterocycles. The molecule has 1 aromatic carbocycles. The lowest BCUT2D eigenvalue weighted by Crippen LogP contribution is -2.23. The van der Waals surface area contributed by atoms with E-state index in [1.807, 2.05) is 13.0 Å². The lowest BCUT2D eigenvalue weighted by atomic mass is 10.1. The molecule has 2 aromatic heterocycles. The molecule has 0 aliphatic carbocycles. The molecule has 6 heteroatoms. The average Bonchev–Trinajstić information content (AvgIpc) is 3.01. The topological polar surface area (TPSA) is 66.9 Å². The molecule has 0 aliphatic heterocycles. The van der Waals surface area contributed by atoms with Crippen molar-refractivity contribution < 1.29 is 4.79 Å². The number of anilines is 1. The minimum atomic E-state index is -0.173. The quantitative estimate of drug-likeness (QED) is 0.760. The van der Waals surface area contributed by atoms with Gasteiger partial charge in [0.15, 0.2) is 0 Å². The fraction of sp³-hybridized carbons (Fsp3) is 0.188. The number of amides is 1. The number of aromatic nitrogens is 2. The van der Waals surface area contributed by atoms with Crippen LogP contribution >= 0.6 is 11.3 Å². The van der Waals surface area contributed by atoms with Gasteiger partial charge in [0, 0.05) is 30.2 Å². The van der Waals surface area contributed by atoms with E-state index in [4.69, 9.17) is 0 Å². The van der Waals surface area contributed by atoms with E-state index in [1.165, 1.54) is 22.5 Å². The van der Waals surface area contributed by atoms with Gasteiger partial charge in [-0.1, -0.05) is 6.07 Å². The molecular formula is C16H16N4OS. The first-order chi connectivity index (χ1) is 10.8. The summed E-state index contributed by atoms with van der Waals surface area (Å²) in [6, 6.07) is 8.29. The summed E-state index contributed by atoms with van der Waals surface area (Å²) in [5, 5.41) is 9.15. The fourth-order valence-corrected chi connectivity index (χ4v) is 2.88. The van der Waals surface area contributed by atoms with E-state index in [-0.39, 0.29) is 5.91 Å². The number of carbonyl (C=O) groups is 1. The van der Waals surface area contributed by atoms with E-state index in [1.54, 1.807) is 11.3 Å². The minimum absolute atomic E-state index is 0.173. The van der Waals surface area contributed by atoms with Crippen molar-refractivity contribution in [3.05, 3.63) is 53.2 Å². The molecule has 2 N–H and O–H groups in total. The van der Waals surface area contributed by atoms with Crippen LogP contribution < -0.4 is 10.6 Å². The molecule has 0 spiro atoms. The van der Waals surface area contributed by atoms with Gasteiger partial charge in [-0.25, -0.2) is 9.97 Å². The number of nitrogens with one attached hydrogen (secondary N) is 2. The monoisotopic (exact) mass is 312 g/mol. The van der Waals surface area contributed by atoms with Crippen LogP contribution in [0.2, 0.25) is 0 Å². The molecule has 0 atom stereocenters. The SMILES string of the molecule is CCNc1ncc(C(=O)NCc2ccc3sccc3c2)cn1. The Morgan fingerprint density at radius 2 is 2.05 bits per heavy atom. The first-order valence-electron chi connectivity index (χ1n) is 7.06. The maximum Gasteiger partial charge on any atom is 0.254 e. The third-order valence-corrected chi connectivity index (χ3v) is 4.12. The Balaban J connectivity index is 1.63. The Labute approximate surface area is 132 Å². The summed E-state index contributed by atoms with van der Waals surface area (Å²) in [6.45, 7) is 3.20. The zero-order valence-electron chi connectivity index (χ0n) is 12.2. The average molecular weight is 312 g/mol. The molecule has 112 valence electrons. The Morgan fingerprint density at radius 3 is 2.82 bits per heavy atom. The van der Waals surface area contributed by atoms with Crippen molar-refractivity contribution in [2.45, 2.75) is 13.5 Å². The molecule has 22 heavy (non-hydrogen) atoms. The number of benzene rings is 1. The molecule has 0 radical (unpaired) electrons. The molecular weight excluding hydrogens is 296 g/mol. The highest BCUT2D eigenvalue weighted by molar-refractivity contribution is 7.17. The second-order valence-electron chi connectivity index (χ2n) is 4.80. The number of hydrogen-bond donors (Lipinski definition) is 2. The fourth-order valence-electron chi connectivity index (χ4n) is 2.11. The van der Waals surface area contributed by atoms with E-state index in [0.29, 0.717) is 18.1 Å².